The lowest BCUT2D eigenvalue weighted by Gasteiger charge is -2.17. The molecule has 0 aliphatic heterocycles. The van der Waals surface area contributed by atoms with Crippen LogP contribution in [0.4, 0.5) is 0 Å². The summed E-state index contributed by atoms with van der Waals surface area (Å²) in [5, 5.41) is 15.8. The number of ether oxygens (including phenoxy) is 1. The molecule has 1 atom stereocenters. The van der Waals surface area contributed by atoms with E-state index in [0.717, 1.165) is 37.6 Å². The second-order valence-electron chi connectivity index (χ2n) is 6.82. The minimum absolute atomic E-state index is 0.223. The van der Waals surface area contributed by atoms with Crippen LogP contribution >= 0.6 is 0 Å². The normalized spacial score (nSPS) is 13.0. The first-order chi connectivity index (χ1) is 12.0. The Bertz CT molecular complexity index is 486. The van der Waals surface area contributed by atoms with Crippen molar-refractivity contribution in [1.29, 1.82) is 0 Å². The topological polar surface area (TPSA) is 65.9 Å². The number of guanidine groups is 1. The lowest BCUT2D eigenvalue weighted by atomic mass is 9.94. The van der Waals surface area contributed by atoms with Gasteiger partial charge >= 0.3 is 0 Å². The van der Waals surface area contributed by atoms with E-state index < -0.39 is 0 Å². The fourth-order valence-electron chi connectivity index (χ4n) is 2.67. The van der Waals surface area contributed by atoms with Crippen LogP contribution in [0.1, 0.15) is 39.2 Å². The molecule has 142 valence electrons. The van der Waals surface area contributed by atoms with Crippen LogP contribution in [0.2, 0.25) is 0 Å². The molecule has 0 aromatic heterocycles. The molecule has 0 bridgehead atoms. The van der Waals surface area contributed by atoms with Crippen molar-refractivity contribution < 1.29 is 9.84 Å². The molecule has 1 rings (SSSR count). The van der Waals surface area contributed by atoms with Crippen molar-refractivity contribution >= 4 is 5.96 Å². The molecule has 0 fully saturated rings. The van der Waals surface area contributed by atoms with Crippen LogP contribution in [0.25, 0.3) is 0 Å². The van der Waals surface area contributed by atoms with Crippen molar-refractivity contribution in [3.05, 3.63) is 29.8 Å². The highest BCUT2D eigenvalue weighted by molar-refractivity contribution is 5.79. The van der Waals surface area contributed by atoms with Gasteiger partial charge in [0.1, 0.15) is 12.4 Å². The number of rotatable bonds is 11. The Kier molecular flexibility index (Phi) is 10.7. The zero-order valence-corrected chi connectivity index (χ0v) is 16.2. The Hall–Kier alpha value is -1.75. The SMILES string of the molecule is CCNC(=NCC(CCO)CC(C)C)NCCOc1ccc(C)cc1. The molecule has 0 saturated heterocycles. The smallest absolute Gasteiger partial charge is 0.191 e. The summed E-state index contributed by atoms with van der Waals surface area (Å²) >= 11 is 0. The molecule has 0 spiro atoms. The van der Waals surface area contributed by atoms with E-state index in [4.69, 9.17) is 4.74 Å². The summed E-state index contributed by atoms with van der Waals surface area (Å²) in [5.41, 5.74) is 1.23. The van der Waals surface area contributed by atoms with Crippen molar-refractivity contribution in [2.75, 3.05) is 32.8 Å². The van der Waals surface area contributed by atoms with Gasteiger partial charge in [-0.2, -0.15) is 0 Å². The molecule has 5 heteroatoms. The van der Waals surface area contributed by atoms with Crippen molar-refractivity contribution in [3.63, 3.8) is 0 Å². The van der Waals surface area contributed by atoms with Gasteiger partial charge in [0.2, 0.25) is 0 Å². The van der Waals surface area contributed by atoms with Crippen LogP contribution in [-0.4, -0.2) is 43.9 Å². The number of hydrogen-bond acceptors (Lipinski definition) is 3. The summed E-state index contributed by atoms with van der Waals surface area (Å²) in [5.74, 6) is 2.73. The van der Waals surface area contributed by atoms with Gasteiger partial charge in [0.05, 0.1) is 6.54 Å². The number of hydrogen-bond donors (Lipinski definition) is 3. The number of aliphatic imine (C=N–C) groups is 1. The molecule has 0 saturated carbocycles. The molecule has 3 N–H and O–H groups in total. The van der Waals surface area contributed by atoms with Gasteiger partial charge in [-0.3, -0.25) is 4.99 Å². The molecule has 0 radical (unpaired) electrons. The fourth-order valence-corrected chi connectivity index (χ4v) is 2.67. The third kappa shape index (κ3) is 9.97. The quantitative estimate of drug-likeness (QED) is 0.326. The fraction of sp³-hybridized carbons (Fsp3) is 0.650. The van der Waals surface area contributed by atoms with Gasteiger partial charge in [-0.15, -0.1) is 0 Å². The molecule has 1 aromatic carbocycles. The lowest BCUT2D eigenvalue weighted by Crippen LogP contribution is -2.39. The highest BCUT2D eigenvalue weighted by Gasteiger charge is 2.10. The average molecular weight is 350 g/mol. The number of aliphatic hydroxyl groups excluding tert-OH is 1. The second kappa shape index (κ2) is 12.6. The van der Waals surface area contributed by atoms with Crippen molar-refractivity contribution in [2.24, 2.45) is 16.8 Å². The summed E-state index contributed by atoms with van der Waals surface area (Å²) in [6.45, 7) is 11.6. The van der Waals surface area contributed by atoms with E-state index in [9.17, 15) is 5.11 Å². The van der Waals surface area contributed by atoms with Gasteiger partial charge in [-0.25, -0.2) is 0 Å². The zero-order chi connectivity index (χ0) is 18.5. The standard InChI is InChI=1S/C20H35N3O2/c1-5-21-20(23-15-18(10-12-24)14-16(2)3)22-11-13-25-19-8-6-17(4)7-9-19/h6-9,16,18,24H,5,10-15H2,1-4H3,(H2,21,22,23). The minimum atomic E-state index is 0.223. The first-order valence-corrected chi connectivity index (χ1v) is 9.37. The van der Waals surface area contributed by atoms with Crippen LogP contribution in [0.3, 0.4) is 0 Å². The summed E-state index contributed by atoms with van der Waals surface area (Å²) < 4.78 is 5.73. The van der Waals surface area contributed by atoms with Crippen LogP contribution in [0.15, 0.2) is 29.3 Å². The number of aliphatic hydroxyl groups is 1. The predicted octanol–water partition coefficient (Wildman–Crippen LogP) is 2.97. The molecule has 1 unspecified atom stereocenters. The van der Waals surface area contributed by atoms with Crippen molar-refractivity contribution in [2.45, 2.75) is 40.5 Å². The van der Waals surface area contributed by atoms with Crippen LogP contribution in [0.5, 0.6) is 5.75 Å². The van der Waals surface area contributed by atoms with Crippen molar-refractivity contribution in [1.82, 2.24) is 10.6 Å². The molecule has 0 amide bonds. The summed E-state index contributed by atoms with van der Waals surface area (Å²) in [7, 11) is 0. The van der Waals surface area contributed by atoms with Gasteiger partial charge in [-0.05, 0) is 50.7 Å². The van der Waals surface area contributed by atoms with E-state index in [1.54, 1.807) is 0 Å². The van der Waals surface area contributed by atoms with Gasteiger partial charge in [-0.1, -0.05) is 31.5 Å². The Labute approximate surface area is 152 Å². The first-order valence-electron chi connectivity index (χ1n) is 9.37. The summed E-state index contributed by atoms with van der Waals surface area (Å²) in [6.07, 6.45) is 1.89. The molecule has 25 heavy (non-hydrogen) atoms. The Morgan fingerprint density at radius 3 is 2.52 bits per heavy atom. The largest absolute Gasteiger partial charge is 0.492 e. The summed E-state index contributed by atoms with van der Waals surface area (Å²) in [6, 6.07) is 8.06. The van der Waals surface area contributed by atoms with E-state index in [1.807, 2.05) is 24.3 Å². The Morgan fingerprint density at radius 1 is 1.20 bits per heavy atom. The first kappa shape index (κ1) is 21.3. The molecule has 0 aliphatic carbocycles. The van der Waals surface area contributed by atoms with E-state index in [1.165, 1.54) is 5.56 Å². The number of nitrogens with one attached hydrogen (secondary N) is 2. The molecular weight excluding hydrogens is 314 g/mol. The lowest BCUT2D eigenvalue weighted by molar-refractivity contribution is 0.245. The molecule has 5 nitrogen and oxygen atoms in total. The molecular formula is C20H35N3O2. The number of nitrogens with zero attached hydrogens (tertiary/aromatic N) is 1. The number of aryl methyl sites for hydroxylation is 1. The van der Waals surface area contributed by atoms with Crippen LogP contribution in [-0.2, 0) is 0 Å². The van der Waals surface area contributed by atoms with Gasteiger partial charge in [0.25, 0.3) is 0 Å². The van der Waals surface area contributed by atoms with Crippen molar-refractivity contribution in [3.8, 4) is 5.75 Å². The van der Waals surface area contributed by atoms with Gasteiger partial charge < -0.3 is 20.5 Å². The van der Waals surface area contributed by atoms with E-state index in [2.05, 4.69) is 43.3 Å². The maximum absolute atomic E-state index is 9.22. The van der Waals surface area contributed by atoms with Gasteiger partial charge in [0, 0.05) is 19.7 Å². The molecule has 1 aromatic rings. The predicted molar refractivity (Wildman–Crippen MR) is 105 cm³/mol. The highest BCUT2D eigenvalue weighted by Crippen LogP contribution is 2.15. The third-order valence-electron chi connectivity index (χ3n) is 3.88. The van der Waals surface area contributed by atoms with Crippen LogP contribution in [0, 0.1) is 18.8 Å². The Morgan fingerprint density at radius 2 is 1.92 bits per heavy atom. The summed E-state index contributed by atoms with van der Waals surface area (Å²) in [4.78, 5) is 4.67. The molecule has 0 aliphatic rings. The molecule has 0 heterocycles. The highest BCUT2D eigenvalue weighted by atomic mass is 16.5. The second-order valence-corrected chi connectivity index (χ2v) is 6.82. The minimum Gasteiger partial charge on any atom is -0.492 e. The van der Waals surface area contributed by atoms with Crippen LogP contribution < -0.4 is 15.4 Å². The monoisotopic (exact) mass is 349 g/mol. The maximum Gasteiger partial charge on any atom is 0.191 e. The van der Waals surface area contributed by atoms with E-state index in [-0.39, 0.29) is 6.61 Å². The van der Waals surface area contributed by atoms with Gasteiger partial charge in [0.15, 0.2) is 5.96 Å². The van der Waals surface area contributed by atoms with E-state index in [0.29, 0.717) is 25.0 Å². The average Bonchev–Trinajstić information content (AvgIpc) is 2.57. The third-order valence-corrected chi connectivity index (χ3v) is 3.88. The zero-order valence-electron chi connectivity index (χ0n) is 16.2. The Balaban J connectivity index is 2.41. The van der Waals surface area contributed by atoms with E-state index >= 15 is 0 Å². The maximum atomic E-state index is 9.22. The number of benzene rings is 1.